The van der Waals surface area contributed by atoms with Crippen LogP contribution in [0.1, 0.15) is 37.5 Å². The summed E-state index contributed by atoms with van der Waals surface area (Å²) in [5, 5.41) is 0. The number of sulfonamides is 1. The summed E-state index contributed by atoms with van der Waals surface area (Å²) >= 11 is 4.68. The van der Waals surface area contributed by atoms with Gasteiger partial charge in [-0.2, -0.15) is 0 Å². The summed E-state index contributed by atoms with van der Waals surface area (Å²) in [6.45, 7) is 2.38. The normalized spacial score (nSPS) is 18.6. The van der Waals surface area contributed by atoms with Gasteiger partial charge in [0.15, 0.2) is 0 Å². The Bertz CT molecular complexity index is 530. The first kappa shape index (κ1) is 14.5. The van der Waals surface area contributed by atoms with Gasteiger partial charge in [0.1, 0.15) is 4.90 Å². The monoisotopic (exact) mass is 352 g/mol. The molecule has 1 heterocycles. The first-order chi connectivity index (χ1) is 8.42. The molecule has 7 heteroatoms. The van der Waals surface area contributed by atoms with Gasteiger partial charge in [-0.15, -0.1) is 11.3 Å². The van der Waals surface area contributed by atoms with Crippen LogP contribution in [0, 0.1) is 0 Å². The molecule has 0 radical (unpaired) electrons. The van der Waals surface area contributed by atoms with E-state index in [-0.39, 0.29) is 5.54 Å². The Morgan fingerprint density at radius 3 is 2.61 bits per heavy atom. The average molecular weight is 353 g/mol. The highest BCUT2D eigenvalue weighted by molar-refractivity contribution is 9.11. The maximum atomic E-state index is 12.4. The third-order valence-corrected chi connectivity index (χ3v) is 7.39. The van der Waals surface area contributed by atoms with Crippen molar-refractivity contribution in [3.05, 3.63) is 14.7 Å². The lowest BCUT2D eigenvalue weighted by Crippen LogP contribution is -2.52. The highest BCUT2D eigenvalue weighted by Gasteiger charge is 2.39. The number of nitrogens with one attached hydrogen (secondary N) is 1. The van der Waals surface area contributed by atoms with Gasteiger partial charge in [-0.3, -0.25) is 0 Å². The van der Waals surface area contributed by atoms with Crippen LogP contribution in [0.2, 0.25) is 0 Å². The van der Waals surface area contributed by atoms with Crippen molar-refractivity contribution in [1.82, 2.24) is 4.72 Å². The van der Waals surface area contributed by atoms with Crippen LogP contribution in [0.5, 0.6) is 0 Å². The molecule has 3 N–H and O–H groups in total. The van der Waals surface area contributed by atoms with Gasteiger partial charge in [0.25, 0.3) is 0 Å². The molecule has 1 aromatic heterocycles. The summed E-state index contributed by atoms with van der Waals surface area (Å²) in [6.07, 6.45) is 3.77. The minimum Gasteiger partial charge on any atom is -0.326 e. The lowest BCUT2D eigenvalue weighted by atomic mass is 9.76. The molecule has 102 valence electrons. The topological polar surface area (TPSA) is 72.2 Å². The molecule has 1 fully saturated rings. The van der Waals surface area contributed by atoms with Gasteiger partial charge in [-0.05, 0) is 47.7 Å². The van der Waals surface area contributed by atoms with Crippen molar-refractivity contribution in [2.75, 3.05) is 0 Å². The standard InChI is InChI=1S/C11H17BrN2O2S2/c1-2-11(4-3-5-11)14-18(15,16)9-6-8(7-13)17-10(9)12/h6,14H,2-5,7,13H2,1H3. The van der Waals surface area contributed by atoms with Crippen LogP contribution in [0.25, 0.3) is 0 Å². The summed E-state index contributed by atoms with van der Waals surface area (Å²) in [4.78, 5) is 1.18. The Labute approximate surface area is 120 Å². The van der Waals surface area contributed by atoms with Crippen LogP contribution in [0.15, 0.2) is 14.7 Å². The highest BCUT2D eigenvalue weighted by Crippen LogP contribution is 2.38. The molecule has 0 amide bonds. The van der Waals surface area contributed by atoms with Crippen molar-refractivity contribution in [1.29, 1.82) is 0 Å². The van der Waals surface area contributed by atoms with Crippen LogP contribution in [0.4, 0.5) is 0 Å². The van der Waals surface area contributed by atoms with E-state index in [4.69, 9.17) is 5.73 Å². The molecule has 0 bridgehead atoms. The minimum atomic E-state index is -3.45. The van der Waals surface area contributed by atoms with E-state index in [0.717, 1.165) is 30.6 Å². The molecule has 4 nitrogen and oxygen atoms in total. The Hall–Kier alpha value is 0.0500. The van der Waals surface area contributed by atoms with Gasteiger partial charge < -0.3 is 5.73 Å². The fourth-order valence-electron chi connectivity index (χ4n) is 2.15. The Balaban J connectivity index is 2.27. The fraction of sp³-hybridized carbons (Fsp3) is 0.636. The number of hydrogen-bond acceptors (Lipinski definition) is 4. The molecule has 18 heavy (non-hydrogen) atoms. The third-order valence-electron chi connectivity index (χ3n) is 3.54. The van der Waals surface area contributed by atoms with Gasteiger partial charge in [-0.25, -0.2) is 13.1 Å². The lowest BCUT2D eigenvalue weighted by Gasteiger charge is -2.41. The molecular formula is C11H17BrN2O2S2. The third kappa shape index (κ3) is 2.65. The Kier molecular flexibility index (Phi) is 4.18. The Morgan fingerprint density at radius 2 is 2.22 bits per heavy atom. The zero-order valence-electron chi connectivity index (χ0n) is 10.2. The van der Waals surface area contributed by atoms with E-state index >= 15 is 0 Å². The zero-order valence-corrected chi connectivity index (χ0v) is 13.4. The highest BCUT2D eigenvalue weighted by atomic mass is 79.9. The second-order valence-corrected chi connectivity index (χ2v) is 8.75. The van der Waals surface area contributed by atoms with E-state index in [9.17, 15) is 8.42 Å². The first-order valence-electron chi connectivity index (χ1n) is 5.95. The molecule has 0 unspecified atom stereocenters. The van der Waals surface area contributed by atoms with Crippen LogP contribution < -0.4 is 10.5 Å². The second kappa shape index (κ2) is 5.20. The number of rotatable bonds is 5. The van der Waals surface area contributed by atoms with Gasteiger partial charge >= 0.3 is 0 Å². The van der Waals surface area contributed by atoms with E-state index in [1.54, 1.807) is 6.07 Å². The average Bonchev–Trinajstić information content (AvgIpc) is 2.66. The summed E-state index contributed by atoms with van der Waals surface area (Å²) in [6, 6.07) is 1.65. The summed E-state index contributed by atoms with van der Waals surface area (Å²) in [5.74, 6) is 0. The van der Waals surface area contributed by atoms with Gasteiger partial charge in [0.05, 0.1) is 3.79 Å². The molecule has 1 saturated carbocycles. The maximum absolute atomic E-state index is 12.4. The molecule has 1 aliphatic rings. The SMILES string of the molecule is CCC1(NS(=O)(=O)c2cc(CN)sc2Br)CCC1. The molecule has 2 rings (SSSR count). The first-order valence-corrected chi connectivity index (χ1v) is 9.04. The number of thiophene rings is 1. The van der Waals surface area contributed by atoms with E-state index in [2.05, 4.69) is 20.7 Å². The molecule has 0 aromatic carbocycles. The number of halogens is 1. The number of nitrogens with two attached hydrogens (primary N) is 1. The van der Waals surface area contributed by atoms with E-state index in [1.807, 2.05) is 6.92 Å². The van der Waals surface area contributed by atoms with Crippen molar-refractivity contribution in [3.8, 4) is 0 Å². The second-order valence-electron chi connectivity index (χ2n) is 4.65. The van der Waals surface area contributed by atoms with Gasteiger partial charge in [0, 0.05) is 17.0 Å². The van der Waals surface area contributed by atoms with Crippen molar-refractivity contribution in [2.24, 2.45) is 5.73 Å². The van der Waals surface area contributed by atoms with Crippen molar-refractivity contribution in [3.63, 3.8) is 0 Å². The molecule has 0 aliphatic heterocycles. The smallest absolute Gasteiger partial charge is 0.243 e. The zero-order chi connectivity index (χ0) is 13.4. The fourth-order valence-corrected chi connectivity index (χ4v) is 6.25. The molecule has 0 spiro atoms. The minimum absolute atomic E-state index is 0.233. The van der Waals surface area contributed by atoms with Gasteiger partial charge in [-0.1, -0.05) is 6.92 Å². The predicted molar refractivity (Wildman–Crippen MR) is 77.1 cm³/mol. The molecule has 1 aliphatic carbocycles. The molecular weight excluding hydrogens is 336 g/mol. The largest absolute Gasteiger partial charge is 0.326 e. The van der Waals surface area contributed by atoms with Crippen molar-refractivity contribution < 1.29 is 8.42 Å². The molecule has 0 atom stereocenters. The quantitative estimate of drug-likeness (QED) is 0.855. The lowest BCUT2D eigenvalue weighted by molar-refractivity contribution is 0.214. The van der Waals surface area contributed by atoms with Crippen LogP contribution in [-0.4, -0.2) is 14.0 Å². The van der Waals surface area contributed by atoms with E-state index < -0.39 is 10.0 Å². The summed E-state index contributed by atoms with van der Waals surface area (Å²) < 4.78 is 28.2. The molecule has 1 aromatic rings. The summed E-state index contributed by atoms with van der Waals surface area (Å²) in [5.41, 5.74) is 5.31. The van der Waals surface area contributed by atoms with Crippen molar-refractivity contribution in [2.45, 2.75) is 49.6 Å². The van der Waals surface area contributed by atoms with Crippen LogP contribution in [-0.2, 0) is 16.6 Å². The predicted octanol–water partition coefficient (Wildman–Crippen LogP) is 2.58. The molecule has 0 saturated heterocycles. The summed E-state index contributed by atoms with van der Waals surface area (Å²) in [7, 11) is -3.45. The Morgan fingerprint density at radius 1 is 1.56 bits per heavy atom. The van der Waals surface area contributed by atoms with Gasteiger partial charge in [0.2, 0.25) is 10.0 Å². The van der Waals surface area contributed by atoms with Crippen molar-refractivity contribution >= 4 is 37.3 Å². The van der Waals surface area contributed by atoms with E-state index in [0.29, 0.717) is 15.2 Å². The number of hydrogen-bond donors (Lipinski definition) is 2. The van der Waals surface area contributed by atoms with Crippen LogP contribution >= 0.6 is 27.3 Å². The van der Waals surface area contributed by atoms with Crippen LogP contribution in [0.3, 0.4) is 0 Å². The van der Waals surface area contributed by atoms with E-state index in [1.165, 1.54) is 11.3 Å². The maximum Gasteiger partial charge on any atom is 0.243 e.